The molecule has 2 aromatic rings. The van der Waals surface area contributed by atoms with Crippen molar-refractivity contribution < 1.29 is 9.18 Å². The average molecular weight is 332 g/mol. The van der Waals surface area contributed by atoms with Crippen LogP contribution in [0.5, 0.6) is 0 Å². The van der Waals surface area contributed by atoms with Gasteiger partial charge in [0.25, 0.3) is 5.78 Å². The minimum Gasteiger partial charge on any atom is -0.356 e. The van der Waals surface area contributed by atoms with Gasteiger partial charge in [0.05, 0.1) is 6.67 Å². The number of piperidine rings is 1. The summed E-state index contributed by atoms with van der Waals surface area (Å²) in [5, 5.41) is 4.26. The summed E-state index contributed by atoms with van der Waals surface area (Å²) >= 11 is 0. The lowest BCUT2D eigenvalue weighted by molar-refractivity contribution is -0.130. The molecule has 2 saturated heterocycles. The molecule has 0 spiro atoms. The molecule has 7 nitrogen and oxygen atoms in total. The van der Waals surface area contributed by atoms with Crippen LogP contribution in [0.15, 0.2) is 12.4 Å². The molecule has 4 rings (SSSR count). The standard InChI is InChI=1S/C16H21FN6O/c1-11-6-14(23-16(20-11)18-10-19-23)21-4-2-13(3-5-21)22-9-12(8-17)7-15(22)24/h6,10,12-13H,2-5,7-9H2,1H3. The molecule has 1 amide bonds. The number of halogens is 1. The van der Waals surface area contributed by atoms with Gasteiger partial charge in [-0.1, -0.05) is 0 Å². The molecule has 0 aromatic carbocycles. The number of rotatable bonds is 3. The maximum Gasteiger partial charge on any atom is 0.254 e. The third-order valence-corrected chi connectivity index (χ3v) is 5.05. The van der Waals surface area contributed by atoms with E-state index in [-0.39, 0.29) is 17.9 Å². The number of hydrogen-bond acceptors (Lipinski definition) is 5. The third kappa shape index (κ3) is 2.59. The number of carbonyl (C=O) groups excluding carboxylic acids is 1. The van der Waals surface area contributed by atoms with Gasteiger partial charge in [-0.3, -0.25) is 9.18 Å². The molecule has 2 aromatic heterocycles. The highest BCUT2D eigenvalue weighted by atomic mass is 19.1. The van der Waals surface area contributed by atoms with E-state index in [1.54, 1.807) is 4.52 Å². The highest BCUT2D eigenvalue weighted by Crippen LogP contribution is 2.28. The molecule has 4 heterocycles. The summed E-state index contributed by atoms with van der Waals surface area (Å²) in [5.74, 6) is 1.58. The zero-order valence-electron chi connectivity index (χ0n) is 13.7. The van der Waals surface area contributed by atoms with Crippen LogP contribution in [0, 0.1) is 12.8 Å². The van der Waals surface area contributed by atoms with E-state index in [0.717, 1.165) is 37.4 Å². The first-order chi connectivity index (χ1) is 11.7. The first kappa shape index (κ1) is 15.3. The van der Waals surface area contributed by atoms with E-state index >= 15 is 0 Å². The monoisotopic (exact) mass is 332 g/mol. The van der Waals surface area contributed by atoms with Crippen LogP contribution >= 0.6 is 0 Å². The van der Waals surface area contributed by atoms with Gasteiger partial charge in [0, 0.05) is 49.8 Å². The molecular weight excluding hydrogens is 311 g/mol. The van der Waals surface area contributed by atoms with Crippen LogP contribution in [0.4, 0.5) is 10.2 Å². The predicted molar refractivity (Wildman–Crippen MR) is 86.5 cm³/mol. The lowest BCUT2D eigenvalue weighted by Gasteiger charge is -2.37. The molecule has 24 heavy (non-hydrogen) atoms. The fourth-order valence-electron chi connectivity index (χ4n) is 3.81. The Morgan fingerprint density at radius 2 is 2.12 bits per heavy atom. The number of alkyl halides is 1. The maximum atomic E-state index is 12.8. The molecule has 8 heteroatoms. The van der Waals surface area contributed by atoms with Crippen molar-refractivity contribution in [3.05, 3.63) is 18.1 Å². The summed E-state index contributed by atoms with van der Waals surface area (Å²) in [6.07, 6.45) is 3.66. The summed E-state index contributed by atoms with van der Waals surface area (Å²) in [6.45, 7) is 3.80. The van der Waals surface area contributed by atoms with Gasteiger partial charge in [-0.2, -0.15) is 14.6 Å². The molecule has 1 atom stereocenters. The number of hydrogen-bond donors (Lipinski definition) is 0. The Balaban J connectivity index is 1.48. The van der Waals surface area contributed by atoms with Gasteiger partial charge in [-0.25, -0.2) is 4.98 Å². The number of nitrogens with zero attached hydrogens (tertiary/aromatic N) is 6. The topological polar surface area (TPSA) is 66.6 Å². The smallest absolute Gasteiger partial charge is 0.254 e. The lowest BCUT2D eigenvalue weighted by Crippen LogP contribution is -2.46. The van der Waals surface area contributed by atoms with Crippen molar-refractivity contribution >= 4 is 17.5 Å². The second kappa shape index (κ2) is 5.99. The molecule has 0 saturated carbocycles. The number of amides is 1. The Morgan fingerprint density at radius 1 is 1.33 bits per heavy atom. The predicted octanol–water partition coefficient (Wildman–Crippen LogP) is 1.22. The first-order valence-corrected chi connectivity index (χ1v) is 8.43. The van der Waals surface area contributed by atoms with Crippen molar-refractivity contribution in [3.8, 4) is 0 Å². The summed E-state index contributed by atoms with van der Waals surface area (Å²) in [6, 6.07) is 2.24. The van der Waals surface area contributed by atoms with Gasteiger partial charge in [0.1, 0.15) is 12.1 Å². The SMILES string of the molecule is Cc1cc(N2CCC(N3CC(CF)CC3=O)CC2)n2ncnc2n1. The number of likely N-dealkylation sites (tertiary alicyclic amines) is 1. The Hall–Kier alpha value is -2.25. The Kier molecular flexibility index (Phi) is 3.82. The van der Waals surface area contributed by atoms with Crippen LogP contribution in [0.3, 0.4) is 0 Å². The number of aromatic nitrogens is 4. The Morgan fingerprint density at radius 3 is 2.83 bits per heavy atom. The van der Waals surface area contributed by atoms with Crippen molar-refractivity contribution in [3.63, 3.8) is 0 Å². The van der Waals surface area contributed by atoms with E-state index in [0.29, 0.717) is 18.7 Å². The van der Waals surface area contributed by atoms with Crippen LogP contribution in [0.25, 0.3) is 5.78 Å². The fourth-order valence-corrected chi connectivity index (χ4v) is 3.81. The van der Waals surface area contributed by atoms with Gasteiger partial charge in [0.2, 0.25) is 5.91 Å². The molecule has 0 radical (unpaired) electrons. The molecule has 2 fully saturated rings. The van der Waals surface area contributed by atoms with Crippen molar-refractivity contribution in [1.29, 1.82) is 0 Å². The number of aryl methyl sites for hydroxylation is 1. The molecule has 1 unspecified atom stereocenters. The van der Waals surface area contributed by atoms with Gasteiger partial charge in [-0.05, 0) is 19.8 Å². The van der Waals surface area contributed by atoms with Crippen LogP contribution in [-0.4, -0.2) is 62.7 Å². The molecule has 128 valence electrons. The normalized spacial score (nSPS) is 22.8. The third-order valence-electron chi connectivity index (χ3n) is 5.05. The van der Waals surface area contributed by atoms with E-state index < -0.39 is 6.67 Å². The summed E-state index contributed by atoms with van der Waals surface area (Å²) < 4.78 is 14.6. The molecule has 0 bridgehead atoms. The summed E-state index contributed by atoms with van der Waals surface area (Å²) in [4.78, 5) is 24.8. The quantitative estimate of drug-likeness (QED) is 0.845. The van der Waals surface area contributed by atoms with Crippen molar-refractivity contribution in [2.45, 2.75) is 32.2 Å². The van der Waals surface area contributed by atoms with E-state index in [4.69, 9.17) is 0 Å². The summed E-state index contributed by atoms with van der Waals surface area (Å²) in [7, 11) is 0. The summed E-state index contributed by atoms with van der Waals surface area (Å²) in [5.41, 5.74) is 0.910. The minimum absolute atomic E-state index is 0.106. The zero-order valence-corrected chi connectivity index (χ0v) is 13.7. The zero-order chi connectivity index (χ0) is 16.7. The Bertz CT molecular complexity index is 754. The van der Waals surface area contributed by atoms with Gasteiger partial charge < -0.3 is 9.80 Å². The van der Waals surface area contributed by atoms with E-state index in [1.807, 2.05) is 17.9 Å². The lowest BCUT2D eigenvalue weighted by atomic mass is 10.0. The molecule has 2 aliphatic rings. The van der Waals surface area contributed by atoms with Gasteiger partial charge in [-0.15, -0.1) is 0 Å². The van der Waals surface area contributed by atoms with Gasteiger partial charge in [0.15, 0.2) is 0 Å². The van der Waals surface area contributed by atoms with Crippen molar-refractivity contribution in [2.75, 3.05) is 31.2 Å². The maximum absolute atomic E-state index is 12.8. The average Bonchev–Trinajstić information content (AvgIpc) is 3.20. The molecule has 0 aliphatic carbocycles. The second-order valence-electron chi connectivity index (χ2n) is 6.72. The molecule has 2 aliphatic heterocycles. The van der Waals surface area contributed by atoms with Crippen LogP contribution < -0.4 is 4.90 Å². The van der Waals surface area contributed by atoms with Crippen LogP contribution in [0.1, 0.15) is 25.0 Å². The number of anilines is 1. The van der Waals surface area contributed by atoms with E-state index in [2.05, 4.69) is 20.0 Å². The van der Waals surface area contributed by atoms with Crippen LogP contribution in [0.2, 0.25) is 0 Å². The largest absolute Gasteiger partial charge is 0.356 e. The van der Waals surface area contributed by atoms with Crippen molar-refractivity contribution in [1.82, 2.24) is 24.5 Å². The molecular formula is C16H21FN6O. The Labute approximate surface area is 139 Å². The highest BCUT2D eigenvalue weighted by Gasteiger charge is 2.36. The fraction of sp³-hybridized carbons (Fsp3) is 0.625. The van der Waals surface area contributed by atoms with Crippen LogP contribution in [-0.2, 0) is 4.79 Å². The van der Waals surface area contributed by atoms with Crippen molar-refractivity contribution in [2.24, 2.45) is 5.92 Å². The number of fused-ring (bicyclic) bond motifs is 1. The minimum atomic E-state index is -0.401. The first-order valence-electron chi connectivity index (χ1n) is 8.43. The number of carbonyl (C=O) groups is 1. The highest BCUT2D eigenvalue weighted by molar-refractivity contribution is 5.79. The van der Waals surface area contributed by atoms with E-state index in [9.17, 15) is 9.18 Å². The second-order valence-corrected chi connectivity index (χ2v) is 6.72. The molecule has 0 N–H and O–H groups in total. The van der Waals surface area contributed by atoms with Gasteiger partial charge >= 0.3 is 0 Å². The van der Waals surface area contributed by atoms with E-state index in [1.165, 1.54) is 6.33 Å².